The summed E-state index contributed by atoms with van der Waals surface area (Å²) in [6.45, 7) is 6.93. The van der Waals surface area contributed by atoms with Gasteiger partial charge in [-0.1, -0.05) is 11.6 Å². The van der Waals surface area contributed by atoms with Crippen molar-refractivity contribution in [3.05, 3.63) is 47.0 Å². The van der Waals surface area contributed by atoms with Crippen LogP contribution in [0.15, 0.2) is 30.6 Å². The van der Waals surface area contributed by atoms with E-state index in [0.29, 0.717) is 12.3 Å². The molecule has 1 heterocycles. The lowest BCUT2D eigenvalue weighted by Gasteiger charge is -2.20. The first-order valence-electron chi connectivity index (χ1n) is 6.52. The van der Waals surface area contributed by atoms with Crippen molar-refractivity contribution in [1.29, 1.82) is 0 Å². The van der Waals surface area contributed by atoms with Gasteiger partial charge in [0.1, 0.15) is 11.6 Å². The van der Waals surface area contributed by atoms with Crippen LogP contribution in [0.5, 0.6) is 11.8 Å². The van der Waals surface area contributed by atoms with Crippen LogP contribution in [0.2, 0.25) is 5.02 Å². The van der Waals surface area contributed by atoms with Gasteiger partial charge in [-0.25, -0.2) is 14.4 Å². The van der Waals surface area contributed by atoms with E-state index in [1.165, 1.54) is 18.2 Å². The molecule has 0 aliphatic carbocycles. The Morgan fingerprint density at radius 1 is 1.24 bits per heavy atom. The van der Waals surface area contributed by atoms with Gasteiger partial charge < -0.3 is 10.1 Å². The summed E-state index contributed by atoms with van der Waals surface area (Å²) in [7, 11) is 0. The summed E-state index contributed by atoms with van der Waals surface area (Å²) < 4.78 is 18.5. The number of halogens is 2. The first-order chi connectivity index (χ1) is 9.83. The van der Waals surface area contributed by atoms with Gasteiger partial charge in [0.2, 0.25) is 0 Å². The molecule has 2 aromatic rings. The molecule has 4 nitrogen and oxygen atoms in total. The van der Waals surface area contributed by atoms with Gasteiger partial charge >= 0.3 is 6.01 Å². The summed E-state index contributed by atoms with van der Waals surface area (Å²) in [6.07, 6.45) is 3.37. The van der Waals surface area contributed by atoms with E-state index < -0.39 is 5.82 Å². The average Bonchev–Trinajstić information content (AvgIpc) is 2.41. The number of hydrogen-bond donors (Lipinski definition) is 1. The standard InChI is InChI=1S/C15H17ClFN3O/c1-15(2,3)20-9-10-7-18-14(19-8-10)21-11-4-5-13(17)12(16)6-11/h4-8,20H,9H2,1-3H3. The van der Waals surface area contributed by atoms with Gasteiger partial charge in [-0.15, -0.1) is 0 Å². The summed E-state index contributed by atoms with van der Waals surface area (Å²) in [5.41, 5.74) is 0.981. The molecule has 21 heavy (non-hydrogen) atoms. The molecule has 0 aliphatic heterocycles. The number of rotatable bonds is 4. The molecule has 1 aromatic carbocycles. The lowest BCUT2D eigenvalue weighted by atomic mass is 10.1. The van der Waals surface area contributed by atoms with Crippen LogP contribution in [0.3, 0.4) is 0 Å². The Kier molecular flexibility index (Phi) is 4.75. The highest BCUT2D eigenvalue weighted by Gasteiger charge is 2.09. The van der Waals surface area contributed by atoms with Crippen LogP contribution in [0.4, 0.5) is 4.39 Å². The Morgan fingerprint density at radius 2 is 1.90 bits per heavy atom. The van der Waals surface area contributed by atoms with E-state index in [4.69, 9.17) is 16.3 Å². The van der Waals surface area contributed by atoms with Gasteiger partial charge in [-0.3, -0.25) is 0 Å². The molecule has 0 saturated carbocycles. The van der Waals surface area contributed by atoms with Crippen LogP contribution in [-0.4, -0.2) is 15.5 Å². The Labute approximate surface area is 128 Å². The molecule has 0 saturated heterocycles. The first-order valence-corrected chi connectivity index (χ1v) is 6.90. The van der Waals surface area contributed by atoms with Crippen molar-refractivity contribution in [3.8, 4) is 11.8 Å². The van der Waals surface area contributed by atoms with Crippen molar-refractivity contribution >= 4 is 11.6 Å². The number of nitrogens with one attached hydrogen (secondary N) is 1. The van der Waals surface area contributed by atoms with Crippen LogP contribution in [0, 0.1) is 5.82 Å². The molecule has 0 fully saturated rings. The minimum atomic E-state index is -0.492. The number of ether oxygens (including phenoxy) is 1. The lowest BCUT2D eigenvalue weighted by molar-refractivity contribution is 0.419. The fourth-order valence-corrected chi connectivity index (χ4v) is 1.67. The number of hydrogen-bond acceptors (Lipinski definition) is 4. The average molecular weight is 310 g/mol. The highest BCUT2D eigenvalue weighted by Crippen LogP contribution is 2.24. The topological polar surface area (TPSA) is 47.0 Å². The highest BCUT2D eigenvalue weighted by molar-refractivity contribution is 6.30. The third-order valence-corrected chi connectivity index (χ3v) is 2.89. The fraction of sp³-hybridized carbons (Fsp3) is 0.333. The van der Waals surface area contributed by atoms with E-state index in [9.17, 15) is 4.39 Å². The molecule has 0 bridgehead atoms. The summed E-state index contributed by atoms with van der Waals surface area (Å²) in [6, 6.07) is 4.28. The maximum absolute atomic E-state index is 13.0. The van der Waals surface area contributed by atoms with Crippen molar-refractivity contribution in [2.24, 2.45) is 0 Å². The van der Waals surface area contributed by atoms with E-state index >= 15 is 0 Å². The zero-order valence-electron chi connectivity index (χ0n) is 12.2. The first kappa shape index (κ1) is 15.7. The molecule has 0 atom stereocenters. The van der Waals surface area contributed by atoms with E-state index in [0.717, 1.165) is 5.56 Å². The van der Waals surface area contributed by atoms with Crippen LogP contribution >= 0.6 is 11.6 Å². The molecule has 112 valence electrons. The van der Waals surface area contributed by atoms with Crippen molar-refractivity contribution in [2.45, 2.75) is 32.9 Å². The molecule has 0 aliphatic rings. The van der Waals surface area contributed by atoms with Crippen molar-refractivity contribution in [1.82, 2.24) is 15.3 Å². The van der Waals surface area contributed by atoms with E-state index in [2.05, 4.69) is 36.1 Å². The van der Waals surface area contributed by atoms with Crippen LogP contribution in [0.25, 0.3) is 0 Å². The molecule has 2 rings (SSSR count). The zero-order chi connectivity index (χ0) is 15.5. The normalized spacial score (nSPS) is 11.5. The molecule has 0 spiro atoms. The molecule has 0 amide bonds. The monoisotopic (exact) mass is 309 g/mol. The third kappa shape index (κ3) is 4.95. The van der Waals surface area contributed by atoms with E-state index in [1.807, 2.05) is 0 Å². The van der Waals surface area contributed by atoms with Gasteiger partial charge in [-0.2, -0.15) is 0 Å². The highest BCUT2D eigenvalue weighted by atomic mass is 35.5. The summed E-state index contributed by atoms with van der Waals surface area (Å²) in [5.74, 6) is -0.101. The van der Waals surface area contributed by atoms with Crippen molar-refractivity contribution in [3.63, 3.8) is 0 Å². The quantitative estimate of drug-likeness (QED) is 0.929. The largest absolute Gasteiger partial charge is 0.424 e. The molecular weight excluding hydrogens is 293 g/mol. The van der Waals surface area contributed by atoms with Crippen molar-refractivity contribution in [2.75, 3.05) is 0 Å². The van der Waals surface area contributed by atoms with Crippen LogP contribution in [-0.2, 0) is 6.54 Å². The fourth-order valence-electron chi connectivity index (χ4n) is 1.50. The lowest BCUT2D eigenvalue weighted by Crippen LogP contribution is -2.35. The van der Waals surface area contributed by atoms with Gasteiger partial charge in [0.15, 0.2) is 0 Å². The second kappa shape index (κ2) is 6.37. The van der Waals surface area contributed by atoms with Crippen LogP contribution in [0.1, 0.15) is 26.3 Å². The maximum Gasteiger partial charge on any atom is 0.321 e. The second-order valence-electron chi connectivity index (χ2n) is 5.66. The zero-order valence-corrected chi connectivity index (χ0v) is 12.9. The summed E-state index contributed by atoms with van der Waals surface area (Å²) in [5, 5.41) is 3.34. The minimum Gasteiger partial charge on any atom is -0.424 e. The van der Waals surface area contributed by atoms with Gasteiger partial charge in [-0.05, 0) is 32.9 Å². The number of aromatic nitrogens is 2. The number of nitrogens with zero attached hydrogens (tertiary/aromatic N) is 2. The molecule has 0 unspecified atom stereocenters. The molecule has 6 heteroatoms. The molecule has 1 aromatic heterocycles. The van der Waals surface area contributed by atoms with Crippen LogP contribution < -0.4 is 10.1 Å². The second-order valence-corrected chi connectivity index (χ2v) is 6.06. The minimum absolute atomic E-state index is 0.00139. The SMILES string of the molecule is CC(C)(C)NCc1cnc(Oc2ccc(F)c(Cl)c2)nc1. The Hall–Kier alpha value is -1.72. The predicted molar refractivity (Wildman–Crippen MR) is 80.1 cm³/mol. The maximum atomic E-state index is 13.0. The Bertz CT molecular complexity index is 611. The third-order valence-electron chi connectivity index (χ3n) is 2.60. The molecule has 1 N–H and O–H groups in total. The smallest absolute Gasteiger partial charge is 0.321 e. The Balaban J connectivity index is 2.00. The molecule has 0 radical (unpaired) electrons. The predicted octanol–water partition coefficient (Wildman–Crippen LogP) is 3.95. The van der Waals surface area contributed by atoms with Gasteiger partial charge in [0.05, 0.1) is 5.02 Å². The number of benzene rings is 1. The van der Waals surface area contributed by atoms with Crippen molar-refractivity contribution < 1.29 is 9.13 Å². The van der Waals surface area contributed by atoms with Gasteiger partial charge in [0.25, 0.3) is 0 Å². The van der Waals surface area contributed by atoms with E-state index in [-0.39, 0.29) is 16.6 Å². The summed E-state index contributed by atoms with van der Waals surface area (Å²) in [4.78, 5) is 8.23. The molecular formula is C15H17ClFN3O. The van der Waals surface area contributed by atoms with E-state index in [1.54, 1.807) is 12.4 Å². The Morgan fingerprint density at radius 3 is 2.48 bits per heavy atom. The van der Waals surface area contributed by atoms with Gasteiger partial charge in [0, 0.05) is 36.1 Å². The summed E-state index contributed by atoms with van der Waals surface area (Å²) >= 11 is 5.69.